The van der Waals surface area contributed by atoms with Crippen molar-refractivity contribution in [2.75, 3.05) is 6.61 Å². The second-order valence-electron chi connectivity index (χ2n) is 5.42. The molecule has 2 heterocycles. The Bertz CT molecular complexity index is 276. The van der Waals surface area contributed by atoms with Crippen molar-refractivity contribution < 1.29 is 19.1 Å². The molecule has 2 fully saturated rings. The Morgan fingerprint density at radius 1 is 1.05 bits per heavy atom. The molecule has 2 aliphatic rings. The Balaban J connectivity index is 0.000000327. The lowest BCUT2D eigenvalue weighted by Crippen LogP contribution is -2.25. The molecule has 0 saturated carbocycles. The molecule has 0 aromatic carbocycles. The molecular formula is C16H30O4. The summed E-state index contributed by atoms with van der Waals surface area (Å²) >= 11 is 0. The number of esters is 2. The molecule has 2 atom stereocenters. The quantitative estimate of drug-likeness (QED) is 0.689. The van der Waals surface area contributed by atoms with Gasteiger partial charge in [-0.15, -0.1) is 0 Å². The molecule has 20 heavy (non-hydrogen) atoms. The Hall–Kier alpha value is -1.06. The van der Waals surface area contributed by atoms with Crippen LogP contribution in [-0.4, -0.2) is 24.6 Å². The second kappa shape index (κ2) is 10.7. The van der Waals surface area contributed by atoms with Gasteiger partial charge < -0.3 is 9.47 Å². The number of hydrogen-bond donors (Lipinski definition) is 0. The van der Waals surface area contributed by atoms with Crippen molar-refractivity contribution in [1.82, 2.24) is 0 Å². The van der Waals surface area contributed by atoms with Crippen LogP contribution in [-0.2, 0) is 19.1 Å². The van der Waals surface area contributed by atoms with Gasteiger partial charge in [-0.05, 0) is 38.0 Å². The maximum absolute atomic E-state index is 10.6. The van der Waals surface area contributed by atoms with Crippen LogP contribution in [0.25, 0.3) is 0 Å². The molecule has 4 heteroatoms. The molecule has 2 saturated heterocycles. The van der Waals surface area contributed by atoms with E-state index in [1.165, 1.54) is 0 Å². The van der Waals surface area contributed by atoms with Crippen LogP contribution in [0.15, 0.2) is 0 Å². The van der Waals surface area contributed by atoms with E-state index in [1.807, 2.05) is 20.8 Å². The van der Waals surface area contributed by atoms with Gasteiger partial charge in [0.2, 0.25) is 0 Å². The zero-order valence-electron chi connectivity index (χ0n) is 13.6. The molecule has 0 spiro atoms. The molecule has 0 aromatic rings. The average Bonchev–Trinajstić information content (AvgIpc) is 2.42. The van der Waals surface area contributed by atoms with E-state index in [2.05, 4.69) is 13.8 Å². The molecule has 2 unspecified atom stereocenters. The standard InChI is InChI=1S/C8H14O2.C6H10O2.C2H6/c1-6(2)7-3-4-8(9)10-5-7;1-5-3-2-4-6(7)8-5;1-2/h6-7H,3-5H2,1-2H3;5H,2-4H2,1H3;1-2H3. The van der Waals surface area contributed by atoms with Gasteiger partial charge in [-0.2, -0.15) is 0 Å². The maximum atomic E-state index is 10.6. The largest absolute Gasteiger partial charge is 0.465 e. The lowest BCUT2D eigenvalue weighted by Gasteiger charge is -2.24. The van der Waals surface area contributed by atoms with Crippen LogP contribution in [0.2, 0.25) is 0 Å². The highest BCUT2D eigenvalue weighted by Gasteiger charge is 2.21. The number of ether oxygens (including phenoxy) is 2. The fraction of sp³-hybridized carbons (Fsp3) is 0.875. The summed E-state index contributed by atoms with van der Waals surface area (Å²) in [5, 5.41) is 0. The topological polar surface area (TPSA) is 52.6 Å². The van der Waals surface area contributed by atoms with Crippen LogP contribution in [0.1, 0.15) is 66.7 Å². The number of hydrogen-bond acceptors (Lipinski definition) is 4. The maximum Gasteiger partial charge on any atom is 0.306 e. The molecule has 0 N–H and O–H groups in total. The highest BCUT2D eigenvalue weighted by Crippen LogP contribution is 2.21. The molecule has 2 rings (SSSR count). The molecular weight excluding hydrogens is 256 g/mol. The monoisotopic (exact) mass is 286 g/mol. The minimum Gasteiger partial charge on any atom is -0.465 e. The average molecular weight is 286 g/mol. The Labute approximate surface area is 123 Å². The van der Waals surface area contributed by atoms with E-state index in [4.69, 9.17) is 9.47 Å². The van der Waals surface area contributed by atoms with Crippen molar-refractivity contribution in [3.8, 4) is 0 Å². The molecule has 118 valence electrons. The highest BCUT2D eigenvalue weighted by atomic mass is 16.5. The zero-order chi connectivity index (χ0) is 15.5. The molecule has 0 aliphatic carbocycles. The molecule has 0 aromatic heterocycles. The number of carbonyl (C=O) groups excluding carboxylic acids is 2. The SMILES string of the molecule is CC.CC(C)C1CCC(=O)OC1.CC1CCCC(=O)O1. The van der Waals surface area contributed by atoms with E-state index in [0.29, 0.717) is 31.3 Å². The predicted molar refractivity (Wildman–Crippen MR) is 79.3 cm³/mol. The summed E-state index contributed by atoms with van der Waals surface area (Å²) in [4.78, 5) is 21.1. The number of carbonyl (C=O) groups is 2. The number of cyclic esters (lactones) is 2. The molecule has 0 bridgehead atoms. The van der Waals surface area contributed by atoms with Gasteiger partial charge in [-0.1, -0.05) is 27.7 Å². The van der Waals surface area contributed by atoms with E-state index < -0.39 is 0 Å². The summed E-state index contributed by atoms with van der Waals surface area (Å²) in [5.41, 5.74) is 0. The lowest BCUT2D eigenvalue weighted by atomic mass is 9.91. The van der Waals surface area contributed by atoms with Crippen LogP contribution in [0, 0.1) is 11.8 Å². The van der Waals surface area contributed by atoms with Gasteiger partial charge in [-0.25, -0.2) is 0 Å². The molecule has 2 aliphatic heterocycles. The van der Waals surface area contributed by atoms with E-state index in [-0.39, 0.29) is 18.0 Å². The fourth-order valence-electron chi connectivity index (χ4n) is 2.06. The zero-order valence-corrected chi connectivity index (χ0v) is 13.6. The normalized spacial score (nSPS) is 25.5. The van der Waals surface area contributed by atoms with E-state index in [1.54, 1.807) is 0 Å². The first-order valence-electron chi connectivity index (χ1n) is 7.84. The van der Waals surface area contributed by atoms with Crippen LogP contribution in [0.5, 0.6) is 0 Å². The first-order valence-corrected chi connectivity index (χ1v) is 7.84. The fourth-order valence-corrected chi connectivity index (χ4v) is 2.06. The highest BCUT2D eigenvalue weighted by molar-refractivity contribution is 5.70. The van der Waals surface area contributed by atoms with Crippen LogP contribution in [0.4, 0.5) is 0 Å². The van der Waals surface area contributed by atoms with Gasteiger partial charge in [0.15, 0.2) is 0 Å². The van der Waals surface area contributed by atoms with Gasteiger partial charge in [0.1, 0.15) is 0 Å². The van der Waals surface area contributed by atoms with Gasteiger partial charge in [0.05, 0.1) is 12.7 Å². The first-order chi connectivity index (χ1) is 9.49. The summed E-state index contributed by atoms with van der Waals surface area (Å²) in [6, 6.07) is 0. The second-order valence-corrected chi connectivity index (χ2v) is 5.42. The van der Waals surface area contributed by atoms with E-state index in [0.717, 1.165) is 19.3 Å². The van der Waals surface area contributed by atoms with Gasteiger partial charge in [0.25, 0.3) is 0 Å². The summed E-state index contributed by atoms with van der Waals surface area (Å²) in [6.07, 6.45) is 4.44. The number of rotatable bonds is 1. The van der Waals surface area contributed by atoms with Crippen LogP contribution < -0.4 is 0 Å². The Morgan fingerprint density at radius 3 is 2.05 bits per heavy atom. The van der Waals surface area contributed by atoms with Gasteiger partial charge in [-0.3, -0.25) is 9.59 Å². The summed E-state index contributed by atoms with van der Waals surface area (Å²) in [7, 11) is 0. The van der Waals surface area contributed by atoms with E-state index >= 15 is 0 Å². The van der Waals surface area contributed by atoms with Crippen LogP contribution in [0.3, 0.4) is 0 Å². The molecule has 0 amide bonds. The first kappa shape index (κ1) is 18.9. The van der Waals surface area contributed by atoms with Crippen molar-refractivity contribution in [1.29, 1.82) is 0 Å². The molecule has 0 radical (unpaired) electrons. The molecule has 4 nitrogen and oxygen atoms in total. The van der Waals surface area contributed by atoms with Crippen molar-refractivity contribution in [2.45, 2.75) is 72.8 Å². The van der Waals surface area contributed by atoms with E-state index in [9.17, 15) is 9.59 Å². The smallest absolute Gasteiger partial charge is 0.306 e. The summed E-state index contributed by atoms with van der Waals surface area (Å²) in [5.74, 6) is 1.17. The van der Waals surface area contributed by atoms with Crippen molar-refractivity contribution in [2.24, 2.45) is 11.8 Å². The van der Waals surface area contributed by atoms with Crippen molar-refractivity contribution >= 4 is 11.9 Å². The van der Waals surface area contributed by atoms with Crippen molar-refractivity contribution in [3.63, 3.8) is 0 Å². The van der Waals surface area contributed by atoms with Crippen molar-refractivity contribution in [3.05, 3.63) is 0 Å². The van der Waals surface area contributed by atoms with Gasteiger partial charge >= 0.3 is 11.9 Å². The van der Waals surface area contributed by atoms with Gasteiger partial charge in [0, 0.05) is 12.8 Å². The third kappa shape index (κ3) is 8.18. The minimum atomic E-state index is -0.0382. The van der Waals surface area contributed by atoms with Crippen LogP contribution >= 0.6 is 0 Å². The summed E-state index contributed by atoms with van der Waals surface area (Å²) in [6.45, 7) is 10.9. The third-order valence-corrected chi connectivity index (χ3v) is 3.44. The third-order valence-electron chi connectivity index (χ3n) is 3.44. The Morgan fingerprint density at radius 2 is 1.70 bits per heavy atom. The summed E-state index contributed by atoms with van der Waals surface area (Å²) < 4.78 is 9.76. The minimum absolute atomic E-state index is 0.0306. The lowest BCUT2D eigenvalue weighted by molar-refractivity contribution is -0.152. The predicted octanol–water partition coefficient (Wildman–Crippen LogP) is 3.72. The Kier molecular flexibility index (Phi) is 10.1.